The van der Waals surface area contributed by atoms with Gasteiger partial charge >= 0.3 is 0 Å². The maximum Gasteiger partial charge on any atom is 0.259 e. The molecule has 32 heavy (non-hydrogen) atoms. The molecule has 0 aliphatic rings. The molecule has 164 valence electrons. The van der Waals surface area contributed by atoms with E-state index < -0.39 is 6.10 Å². The molecular formula is C27H28N2O3. The van der Waals surface area contributed by atoms with Gasteiger partial charge in [0.05, 0.1) is 29.2 Å². The van der Waals surface area contributed by atoms with E-state index in [0.717, 1.165) is 23.1 Å². The Hall–Kier alpha value is -3.44. The molecule has 0 spiro atoms. The first kappa shape index (κ1) is 21.8. The van der Waals surface area contributed by atoms with Crippen LogP contribution in [-0.2, 0) is 6.42 Å². The third kappa shape index (κ3) is 4.58. The molecule has 2 N–H and O–H groups in total. The number of ether oxygens (including phenoxy) is 1. The summed E-state index contributed by atoms with van der Waals surface area (Å²) in [6, 6.07) is 23.0. The minimum Gasteiger partial charge on any atom is -0.493 e. The maximum atomic E-state index is 12.9. The van der Waals surface area contributed by atoms with Crippen molar-refractivity contribution in [2.24, 2.45) is 0 Å². The average molecular weight is 429 g/mol. The number of rotatable bonds is 8. The van der Waals surface area contributed by atoms with Gasteiger partial charge in [-0.2, -0.15) is 0 Å². The summed E-state index contributed by atoms with van der Waals surface area (Å²) < 4.78 is 5.87. The van der Waals surface area contributed by atoms with E-state index in [-0.39, 0.29) is 11.5 Å². The highest BCUT2D eigenvalue weighted by molar-refractivity contribution is 5.83. The van der Waals surface area contributed by atoms with Gasteiger partial charge in [-0.25, -0.2) is 4.98 Å². The average Bonchev–Trinajstić information content (AvgIpc) is 2.82. The number of H-pyrrole nitrogens is 1. The number of nitrogens with one attached hydrogen (secondary N) is 1. The van der Waals surface area contributed by atoms with Crippen LogP contribution in [0.2, 0.25) is 0 Å². The molecule has 2 unspecified atom stereocenters. The van der Waals surface area contributed by atoms with E-state index >= 15 is 0 Å². The summed E-state index contributed by atoms with van der Waals surface area (Å²) in [6.07, 6.45) is 0.812. The third-order valence-corrected chi connectivity index (χ3v) is 5.73. The number of aliphatic hydroxyl groups is 1. The van der Waals surface area contributed by atoms with E-state index in [2.05, 4.69) is 4.98 Å². The fourth-order valence-corrected chi connectivity index (χ4v) is 3.92. The molecule has 2 atom stereocenters. The normalized spacial score (nSPS) is 13.1. The van der Waals surface area contributed by atoms with E-state index in [1.807, 2.05) is 80.6 Å². The van der Waals surface area contributed by atoms with Crippen LogP contribution in [0, 0.1) is 0 Å². The summed E-state index contributed by atoms with van der Waals surface area (Å²) >= 11 is 0. The summed E-state index contributed by atoms with van der Waals surface area (Å²) in [4.78, 5) is 20.7. The number of aromatic nitrogens is 2. The standard InChI is InChI=1S/C27H28N2O3/c1-3-16-32-24-15-8-7-12-21(24)26-28-25-20(13-9-14-22(25)27(31)29-26)18(2)23(30)17-19-10-5-4-6-11-19/h4-15,18,23,30H,3,16-17H2,1-2H3,(H,28,29,31). The van der Waals surface area contributed by atoms with Gasteiger partial charge in [0.25, 0.3) is 5.56 Å². The first-order chi connectivity index (χ1) is 15.6. The Balaban J connectivity index is 1.76. The number of aliphatic hydroxyl groups excluding tert-OH is 1. The number of hydrogen-bond acceptors (Lipinski definition) is 4. The molecule has 5 nitrogen and oxygen atoms in total. The lowest BCUT2D eigenvalue weighted by atomic mass is 9.90. The number of para-hydroxylation sites is 2. The van der Waals surface area contributed by atoms with Crippen LogP contribution in [0.3, 0.4) is 0 Å². The van der Waals surface area contributed by atoms with Crippen LogP contribution >= 0.6 is 0 Å². The van der Waals surface area contributed by atoms with E-state index in [0.29, 0.717) is 35.5 Å². The van der Waals surface area contributed by atoms with Gasteiger partial charge in [-0.15, -0.1) is 0 Å². The van der Waals surface area contributed by atoms with Gasteiger partial charge in [0, 0.05) is 5.92 Å². The Morgan fingerprint density at radius 2 is 1.75 bits per heavy atom. The van der Waals surface area contributed by atoms with E-state index in [4.69, 9.17) is 9.72 Å². The van der Waals surface area contributed by atoms with Crippen LogP contribution < -0.4 is 10.3 Å². The SMILES string of the molecule is CCCOc1ccccc1-c1nc2c(C(C)C(O)Cc3ccccc3)cccc2c(=O)[nH]1. The van der Waals surface area contributed by atoms with Crippen molar-refractivity contribution in [3.63, 3.8) is 0 Å². The van der Waals surface area contributed by atoms with Gasteiger partial charge in [0.2, 0.25) is 0 Å². The van der Waals surface area contributed by atoms with E-state index in [1.54, 1.807) is 6.07 Å². The molecule has 0 saturated carbocycles. The number of fused-ring (bicyclic) bond motifs is 1. The third-order valence-electron chi connectivity index (χ3n) is 5.73. The largest absolute Gasteiger partial charge is 0.493 e. The topological polar surface area (TPSA) is 75.2 Å². The Morgan fingerprint density at radius 3 is 2.53 bits per heavy atom. The molecule has 0 radical (unpaired) electrons. The lowest BCUT2D eigenvalue weighted by molar-refractivity contribution is 0.150. The van der Waals surface area contributed by atoms with Gasteiger partial charge < -0.3 is 14.8 Å². The lowest BCUT2D eigenvalue weighted by Gasteiger charge is -2.21. The van der Waals surface area contributed by atoms with Crippen molar-refractivity contribution in [2.45, 2.75) is 38.7 Å². The Bertz CT molecular complexity index is 1250. The van der Waals surface area contributed by atoms with Crippen molar-refractivity contribution in [2.75, 3.05) is 6.61 Å². The van der Waals surface area contributed by atoms with Gasteiger partial charge in [-0.1, -0.05) is 68.4 Å². The second-order valence-electron chi connectivity index (χ2n) is 8.05. The van der Waals surface area contributed by atoms with Gasteiger partial charge in [-0.05, 0) is 42.2 Å². The second-order valence-corrected chi connectivity index (χ2v) is 8.05. The molecule has 4 rings (SSSR count). The molecule has 5 heteroatoms. The molecule has 0 aliphatic heterocycles. The predicted octanol–water partition coefficient (Wildman–Crippen LogP) is 5.09. The van der Waals surface area contributed by atoms with Crippen molar-refractivity contribution in [3.05, 3.63) is 94.3 Å². The Morgan fingerprint density at radius 1 is 1.00 bits per heavy atom. The number of aromatic amines is 1. The molecular weight excluding hydrogens is 400 g/mol. The molecule has 0 aliphatic carbocycles. The molecule has 0 amide bonds. The number of hydrogen-bond donors (Lipinski definition) is 2. The molecule has 4 aromatic rings. The van der Waals surface area contributed by atoms with Crippen molar-refractivity contribution in [1.29, 1.82) is 0 Å². The molecule has 0 bridgehead atoms. The Labute approximate surface area is 187 Å². The van der Waals surface area contributed by atoms with Crippen molar-refractivity contribution in [3.8, 4) is 17.1 Å². The smallest absolute Gasteiger partial charge is 0.259 e. The lowest BCUT2D eigenvalue weighted by Crippen LogP contribution is -2.20. The summed E-state index contributed by atoms with van der Waals surface area (Å²) in [5, 5.41) is 11.5. The fourth-order valence-electron chi connectivity index (χ4n) is 3.92. The zero-order valence-corrected chi connectivity index (χ0v) is 18.4. The molecule has 0 saturated heterocycles. The van der Waals surface area contributed by atoms with Crippen LogP contribution in [0.25, 0.3) is 22.3 Å². The minimum atomic E-state index is -0.604. The van der Waals surface area contributed by atoms with Crippen molar-refractivity contribution >= 4 is 10.9 Å². The van der Waals surface area contributed by atoms with Crippen LogP contribution in [0.4, 0.5) is 0 Å². The van der Waals surface area contributed by atoms with Crippen LogP contribution in [-0.4, -0.2) is 27.8 Å². The highest BCUT2D eigenvalue weighted by Gasteiger charge is 2.21. The zero-order valence-electron chi connectivity index (χ0n) is 18.4. The quantitative estimate of drug-likeness (QED) is 0.410. The summed E-state index contributed by atoms with van der Waals surface area (Å²) in [5.74, 6) is 0.950. The molecule has 3 aromatic carbocycles. The fraction of sp³-hybridized carbons (Fsp3) is 0.259. The highest BCUT2D eigenvalue weighted by atomic mass is 16.5. The van der Waals surface area contributed by atoms with Crippen molar-refractivity contribution < 1.29 is 9.84 Å². The summed E-state index contributed by atoms with van der Waals surface area (Å²) in [5.41, 5.74) is 3.07. The van der Waals surface area contributed by atoms with Gasteiger partial charge in [-0.3, -0.25) is 4.79 Å². The first-order valence-electron chi connectivity index (χ1n) is 11.1. The zero-order chi connectivity index (χ0) is 22.5. The van der Waals surface area contributed by atoms with Crippen LogP contribution in [0.5, 0.6) is 5.75 Å². The van der Waals surface area contributed by atoms with Gasteiger partial charge in [0.15, 0.2) is 0 Å². The number of nitrogens with zero attached hydrogens (tertiary/aromatic N) is 1. The monoisotopic (exact) mass is 428 g/mol. The number of benzene rings is 3. The second kappa shape index (κ2) is 9.79. The van der Waals surface area contributed by atoms with Crippen LogP contribution in [0.15, 0.2) is 77.6 Å². The Kier molecular flexibility index (Phi) is 6.66. The summed E-state index contributed by atoms with van der Waals surface area (Å²) in [6.45, 7) is 4.61. The van der Waals surface area contributed by atoms with E-state index in [1.165, 1.54) is 0 Å². The molecule has 0 fully saturated rings. The van der Waals surface area contributed by atoms with Crippen molar-refractivity contribution in [1.82, 2.24) is 9.97 Å². The minimum absolute atomic E-state index is 0.201. The summed E-state index contributed by atoms with van der Waals surface area (Å²) in [7, 11) is 0. The first-order valence-corrected chi connectivity index (χ1v) is 11.1. The van der Waals surface area contributed by atoms with E-state index in [9.17, 15) is 9.90 Å². The van der Waals surface area contributed by atoms with Crippen LogP contribution in [0.1, 0.15) is 37.3 Å². The molecule has 1 heterocycles. The highest BCUT2D eigenvalue weighted by Crippen LogP contribution is 2.31. The molecule has 1 aromatic heterocycles. The van der Waals surface area contributed by atoms with Gasteiger partial charge in [0.1, 0.15) is 11.6 Å². The predicted molar refractivity (Wildman–Crippen MR) is 128 cm³/mol. The maximum absolute atomic E-state index is 12.9.